The van der Waals surface area contributed by atoms with Crippen molar-refractivity contribution in [2.24, 2.45) is 5.92 Å². The van der Waals surface area contributed by atoms with Crippen LogP contribution < -0.4 is 9.80 Å². The SMILES string of the molecule is [2H]C([2H])([2H])C1N(c2ccccc2)C(C2CCCCC2)[C@H](C)N1c1ccccc1C. The molecule has 0 spiro atoms. The van der Waals surface area contributed by atoms with Gasteiger partial charge < -0.3 is 9.80 Å². The molecular formula is C24H32N2. The van der Waals surface area contributed by atoms with Crippen LogP contribution in [0.1, 0.15) is 55.6 Å². The average molecular weight is 352 g/mol. The molecule has 1 saturated heterocycles. The molecule has 0 N–H and O–H groups in total. The predicted molar refractivity (Wildman–Crippen MR) is 112 cm³/mol. The maximum atomic E-state index is 8.50. The highest BCUT2D eigenvalue weighted by Gasteiger charge is 2.46. The Morgan fingerprint density at radius 1 is 0.885 bits per heavy atom. The number of nitrogens with zero attached hydrogens (tertiary/aromatic N) is 2. The van der Waals surface area contributed by atoms with Crippen molar-refractivity contribution in [1.82, 2.24) is 0 Å². The number of rotatable bonds is 3. The fourth-order valence-electron chi connectivity index (χ4n) is 5.13. The van der Waals surface area contributed by atoms with Crippen LogP contribution in [0, 0.1) is 12.8 Å². The summed E-state index contributed by atoms with van der Waals surface area (Å²) in [6, 6.07) is 18.7. The molecule has 2 fully saturated rings. The summed E-state index contributed by atoms with van der Waals surface area (Å²) in [7, 11) is 0. The monoisotopic (exact) mass is 351 g/mol. The second-order valence-corrected chi connectivity index (χ2v) is 7.94. The summed E-state index contributed by atoms with van der Waals surface area (Å²) in [5.74, 6) is 0.526. The van der Waals surface area contributed by atoms with Gasteiger partial charge in [-0.15, -0.1) is 0 Å². The van der Waals surface area contributed by atoms with E-state index in [2.05, 4.69) is 47.9 Å². The summed E-state index contributed by atoms with van der Waals surface area (Å²) in [5.41, 5.74) is 3.19. The van der Waals surface area contributed by atoms with E-state index in [4.69, 9.17) is 4.11 Å². The molecule has 1 heterocycles. The highest BCUT2D eigenvalue weighted by molar-refractivity contribution is 5.62. The Bertz CT molecular complexity index is 814. The van der Waals surface area contributed by atoms with Crippen LogP contribution in [0.25, 0.3) is 0 Å². The summed E-state index contributed by atoms with van der Waals surface area (Å²) in [6.45, 7) is 2.20. The van der Waals surface area contributed by atoms with E-state index >= 15 is 0 Å². The van der Waals surface area contributed by atoms with Crippen molar-refractivity contribution in [3.05, 3.63) is 60.2 Å². The van der Waals surface area contributed by atoms with Crippen molar-refractivity contribution in [2.45, 2.75) is 71.1 Å². The number of hydrogen-bond donors (Lipinski definition) is 0. The number of anilines is 2. The lowest BCUT2D eigenvalue weighted by atomic mass is 9.81. The molecule has 0 aromatic heterocycles. The molecule has 26 heavy (non-hydrogen) atoms. The van der Waals surface area contributed by atoms with Crippen molar-refractivity contribution in [2.75, 3.05) is 9.80 Å². The Labute approximate surface area is 163 Å². The lowest BCUT2D eigenvalue weighted by Gasteiger charge is -2.37. The fraction of sp³-hybridized carbons (Fsp3) is 0.500. The van der Waals surface area contributed by atoms with E-state index in [0.717, 1.165) is 16.9 Å². The molecule has 1 saturated carbocycles. The first-order valence-corrected chi connectivity index (χ1v) is 10.1. The molecule has 2 aromatic rings. The Morgan fingerprint density at radius 2 is 1.58 bits per heavy atom. The molecule has 0 bridgehead atoms. The number of benzene rings is 2. The van der Waals surface area contributed by atoms with Gasteiger partial charge in [-0.2, -0.15) is 0 Å². The van der Waals surface area contributed by atoms with Crippen LogP contribution in [-0.2, 0) is 0 Å². The Hall–Kier alpha value is -1.96. The zero-order valence-corrected chi connectivity index (χ0v) is 15.9. The van der Waals surface area contributed by atoms with Gasteiger partial charge >= 0.3 is 0 Å². The predicted octanol–water partition coefficient (Wildman–Crippen LogP) is 6.01. The van der Waals surface area contributed by atoms with E-state index < -0.39 is 13.0 Å². The largest absolute Gasteiger partial charge is 0.346 e. The van der Waals surface area contributed by atoms with Crippen LogP contribution in [0.5, 0.6) is 0 Å². The normalized spacial score (nSPS) is 29.3. The van der Waals surface area contributed by atoms with E-state index in [9.17, 15) is 0 Å². The molecule has 2 nitrogen and oxygen atoms in total. The Morgan fingerprint density at radius 3 is 2.27 bits per heavy atom. The highest BCUT2D eigenvalue weighted by Crippen LogP contribution is 2.43. The van der Waals surface area contributed by atoms with Crippen LogP contribution in [0.2, 0.25) is 0 Å². The zero-order valence-electron chi connectivity index (χ0n) is 18.9. The van der Waals surface area contributed by atoms with Crippen LogP contribution >= 0.6 is 0 Å². The summed E-state index contributed by atoms with van der Waals surface area (Å²) in [5, 5.41) is 0. The molecule has 4 rings (SSSR count). The molecule has 1 aliphatic carbocycles. The van der Waals surface area contributed by atoms with Crippen LogP contribution in [-0.4, -0.2) is 18.2 Å². The van der Waals surface area contributed by atoms with Gasteiger partial charge in [0.2, 0.25) is 0 Å². The molecule has 138 valence electrons. The molecule has 2 aliphatic rings. The lowest BCUT2D eigenvalue weighted by molar-refractivity contribution is 0.292. The summed E-state index contributed by atoms with van der Waals surface area (Å²) in [6.07, 6.45) is 5.51. The number of hydrogen-bond acceptors (Lipinski definition) is 2. The maximum Gasteiger partial charge on any atom is 0.0994 e. The van der Waals surface area contributed by atoms with E-state index in [1.165, 1.54) is 32.1 Å². The van der Waals surface area contributed by atoms with Gasteiger partial charge in [-0.25, -0.2) is 0 Å². The lowest BCUT2D eigenvalue weighted by Crippen LogP contribution is -2.43. The van der Waals surface area contributed by atoms with Gasteiger partial charge in [-0.3, -0.25) is 0 Å². The standard InChI is InChI=1S/C24H32N2/c1-18-12-10-11-17-23(18)25-19(2)24(21-13-6-4-7-14-21)26(20(25)3)22-15-8-5-9-16-22/h5,8-12,15-17,19-21,24H,4,6-7,13-14H2,1-3H3/t19-,20?,24?/m0/s1/i3D3. The third-order valence-electron chi connectivity index (χ3n) is 6.36. The van der Waals surface area contributed by atoms with Crippen LogP contribution in [0.15, 0.2) is 54.6 Å². The van der Waals surface area contributed by atoms with E-state index in [1.54, 1.807) is 0 Å². The van der Waals surface area contributed by atoms with E-state index in [-0.39, 0.29) is 12.1 Å². The third-order valence-corrected chi connectivity index (χ3v) is 6.36. The maximum absolute atomic E-state index is 8.50. The summed E-state index contributed by atoms with van der Waals surface area (Å²) < 4.78 is 25.5. The van der Waals surface area contributed by atoms with Crippen molar-refractivity contribution in [3.8, 4) is 0 Å². The van der Waals surface area contributed by atoms with Crippen molar-refractivity contribution in [1.29, 1.82) is 0 Å². The van der Waals surface area contributed by atoms with Gasteiger partial charge in [0, 0.05) is 21.5 Å². The van der Waals surface area contributed by atoms with Crippen molar-refractivity contribution >= 4 is 11.4 Å². The molecule has 2 aromatic carbocycles. The zero-order chi connectivity index (χ0) is 20.6. The molecule has 2 heteroatoms. The van der Waals surface area contributed by atoms with E-state index in [1.807, 2.05) is 30.3 Å². The summed E-state index contributed by atoms with van der Waals surface area (Å²) >= 11 is 0. The minimum Gasteiger partial charge on any atom is -0.346 e. The van der Waals surface area contributed by atoms with E-state index in [0.29, 0.717) is 5.92 Å². The minimum absolute atomic E-state index is 0.129. The van der Waals surface area contributed by atoms with Gasteiger partial charge in [0.1, 0.15) is 0 Å². The molecule has 0 radical (unpaired) electrons. The first kappa shape index (κ1) is 14.1. The second-order valence-electron chi connectivity index (χ2n) is 7.94. The van der Waals surface area contributed by atoms with Gasteiger partial charge in [-0.1, -0.05) is 55.7 Å². The molecule has 0 amide bonds. The van der Waals surface area contributed by atoms with Gasteiger partial charge in [0.15, 0.2) is 0 Å². The van der Waals surface area contributed by atoms with Crippen LogP contribution in [0.4, 0.5) is 11.4 Å². The molecular weight excluding hydrogens is 316 g/mol. The fourth-order valence-corrected chi connectivity index (χ4v) is 5.13. The number of aryl methyl sites for hydroxylation is 1. The van der Waals surface area contributed by atoms with Gasteiger partial charge in [0.25, 0.3) is 0 Å². The topological polar surface area (TPSA) is 6.48 Å². The summed E-state index contributed by atoms with van der Waals surface area (Å²) in [4.78, 5) is 4.43. The minimum atomic E-state index is -2.12. The van der Waals surface area contributed by atoms with Crippen molar-refractivity contribution < 1.29 is 4.11 Å². The second kappa shape index (κ2) is 7.34. The smallest absolute Gasteiger partial charge is 0.0994 e. The average Bonchev–Trinajstić information content (AvgIpc) is 3.03. The van der Waals surface area contributed by atoms with Gasteiger partial charge in [-0.05, 0) is 63.2 Å². The third kappa shape index (κ3) is 3.00. The molecule has 2 unspecified atom stereocenters. The first-order chi connectivity index (χ1) is 13.9. The van der Waals surface area contributed by atoms with Gasteiger partial charge in [0.05, 0.1) is 12.2 Å². The highest BCUT2D eigenvalue weighted by atomic mass is 15.5. The molecule has 1 aliphatic heterocycles. The first-order valence-electron chi connectivity index (χ1n) is 11.6. The quantitative estimate of drug-likeness (QED) is 0.668. The van der Waals surface area contributed by atoms with Crippen LogP contribution in [0.3, 0.4) is 0 Å². The Balaban J connectivity index is 1.86. The number of para-hydroxylation sites is 2. The molecule has 3 atom stereocenters. The Kier molecular flexibility index (Phi) is 3.99. The van der Waals surface area contributed by atoms with Crippen molar-refractivity contribution in [3.63, 3.8) is 0 Å².